The Balaban J connectivity index is 1.54. The lowest BCUT2D eigenvalue weighted by atomic mass is 10.1. The van der Waals surface area contributed by atoms with Crippen LogP contribution in [0.3, 0.4) is 0 Å². The van der Waals surface area contributed by atoms with E-state index >= 15 is 0 Å². The maximum atomic E-state index is 13.1. The lowest BCUT2D eigenvalue weighted by Crippen LogP contribution is -2.32. The summed E-state index contributed by atoms with van der Waals surface area (Å²) in [7, 11) is 2.20. The minimum Gasteiger partial charge on any atom is -0.302 e. The summed E-state index contributed by atoms with van der Waals surface area (Å²) in [6, 6.07) is 4.92. The number of likely N-dealkylation sites (tertiary alicyclic amines) is 2. The predicted molar refractivity (Wildman–Crippen MR) is 71.0 cm³/mol. The summed E-state index contributed by atoms with van der Waals surface area (Å²) in [5.74, 6) is -0.702. The number of halogens is 2. The van der Waals surface area contributed by atoms with E-state index in [1.165, 1.54) is 25.1 Å². The number of hydrogen-bond acceptors (Lipinski definition) is 2. The van der Waals surface area contributed by atoms with Crippen LogP contribution < -0.4 is 0 Å². The summed E-state index contributed by atoms with van der Waals surface area (Å²) in [6.45, 7) is 4.42. The van der Waals surface area contributed by atoms with Gasteiger partial charge >= 0.3 is 0 Å². The molecule has 0 amide bonds. The first-order valence-corrected chi connectivity index (χ1v) is 7.00. The van der Waals surface area contributed by atoms with Gasteiger partial charge in [0.05, 0.1) is 0 Å². The summed E-state index contributed by atoms with van der Waals surface area (Å²) >= 11 is 0. The van der Waals surface area contributed by atoms with Crippen molar-refractivity contribution in [1.29, 1.82) is 0 Å². The summed E-state index contributed by atoms with van der Waals surface area (Å²) in [6.07, 6.45) is 2.09. The van der Waals surface area contributed by atoms with Crippen molar-refractivity contribution in [3.63, 3.8) is 0 Å². The zero-order chi connectivity index (χ0) is 13.4. The molecule has 3 rings (SSSR count). The number of fused-ring (bicyclic) bond motifs is 1. The summed E-state index contributed by atoms with van der Waals surface area (Å²) in [4.78, 5) is 4.90. The molecule has 1 aromatic carbocycles. The molecule has 0 spiro atoms. The molecule has 0 aromatic heterocycles. The lowest BCUT2D eigenvalue weighted by Gasteiger charge is -2.20. The molecule has 104 valence electrons. The predicted octanol–water partition coefficient (Wildman–Crippen LogP) is 2.14. The molecule has 0 saturated carbocycles. The first kappa shape index (κ1) is 13.0. The molecule has 0 aliphatic carbocycles. The maximum absolute atomic E-state index is 13.1. The zero-order valence-electron chi connectivity index (χ0n) is 11.3. The maximum Gasteiger partial charge on any atom is 0.159 e. The molecular formula is C15H20F2N2. The fourth-order valence-corrected chi connectivity index (χ4v) is 3.42. The van der Waals surface area contributed by atoms with Crippen molar-refractivity contribution in [2.45, 2.75) is 18.9 Å². The highest BCUT2D eigenvalue weighted by Gasteiger charge is 2.38. The van der Waals surface area contributed by atoms with Crippen LogP contribution in [0.15, 0.2) is 18.2 Å². The second-order valence-electron chi connectivity index (χ2n) is 5.85. The quantitative estimate of drug-likeness (QED) is 0.827. The molecular weight excluding hydrogens is 246 g/mol. The van der Waals surface area contributed by atoms with Crippen LogP contribution in [-0.2, 0) is 6.42 Å². The van der Waals surface area contributed by atoms with Gasteiger partial charge in [0.2, 0.25) is 0 Å². The van der Waals surface area contributed by atoms with Crippen LogP contribution in [0.25, 0.3) is 0 Å². The van der Waals surface area contributed by atoms with Crippen LogP contribution in [0.4, 0.5) is 8.78 Å². The van der Waals surface area contributed by atoms with Crippen LogP contribution in [0.1, 0.15) is 12.0 Å². The molecule has 2 fully saturated rings. The van der Waals surface area contributed by atoms with Crippen LogP contribution >= 0.6 is 0 Å². The number of likely N-dealkylation sites (N-methyl/N-ethyl adjacent to an activating group) is 1. The van der Waals surface area contributed by atoms with E-state index in [4.69, 9.17) is 0 Å². The van der Waals surface area contributed by atoms with E-state index in [1.807, 2.05) is 0 Å². The molecule has 0 bridgehead atoms. The van der Waals surface area contributed by atoms with E-state index in [0.717, 1.165) is 37.5 Å². The van der Waals surface area contributed by atoms with E-state index in [2.05, 4.69) is 16.8 Å². The third kappa shape index (κ3) is 2.65. The highest BCUT2D eigenvalue weighted by Crippen LogP contribution is 2.30. The van der Waals surface area contributed by atoms with Crippen LogP contribution in [0.5, 0.6) is 0 Å². The van der Waals surface area contributed by atoms with E-state index in [1.54, 1.807) is 6.07 Å². The van der Waals surface area contributed by atoms with Crippen LogP contribution in [0.2, 0.25) is 0 Å². The summed E-state index contributed by atoms with van der Waals surface area (Å²) in [5, 5.41) is 0. The standard InChI is InChI=1S/C15H20F2N2/c1-18-6-5-12-9-19(10-15(12)18)7-4-11-2-3-13(16)14(17)8-11/h2-3,8,12,15H,4-7,9-10H2,1H3/t12-,15+/m1/s1. The van der Waals surface area contributed by atoms with Gasteiger partial charge in [0.25, 0.3) is 0 Å². The van der Waals surface area contributed by atoms with E-state index in [-0.39, 0.29) is 0 Å². The molecule has 2 atom stereocenters. The molecule has 0 radical (unpaired) electrons. The Hall–Kier alpha value is -1.00. The highest BCUT2D eigenvalue weighted by molar-refractivity contribution is 5.18. The van der Waals surface area contributed by atoms with E-state index in [0.29, 0.717) is 6.04 Å². The highest BCUT2D eigenvalue weighted by atomic mass is 19.2. The van der Waals surface area contributed by atoms with Crippen molar-refractivity contribution < 1.29 is 8.78 Å². The van der Waals surface area contributed by atoms with Gasteiger partial charge in [-0.1, -0.05) is 6.07 Å². The second kappa shape index (κ2) is 5.17. The third-order valence-electron chi connectivity index (χ3n) is 4.60. The molecule has 2 saturated heterocycles. The van der Waals surface area contributed by atoms with Gasteiger partial charge in [0.15, 0.2) is 11.6 Å². The number of hydrogen-bond donors (Lipinski definition) is 0. The second-order valence-corrected chi connectivity index (χ2v) is 5.85. The zero-order valence-corrected chi connectivity index (χ0v) is 11.3. The van der Waals surface area contributed by atoms with Gasteiger partial charge in [-0.2, -0.15) is 0 Å². The van der Waals surface area contributed by atoms with Gasteiger partial charge in [-0.3, -0.25) is 0 Å². The minimum absolute atomic E-state index is 0.699. The molecule has 2 aliphatic heterocycles. The van der Waals surface area contributed by atoms with Crippen molar-refractivity contribution in [3.05, 3.63) is 35.4 Å². The SMILES string of the molecule is CN1CC[C@@H]2CN(CCc3ccc(F)c(F)c3)C[C@@H]21. The number of rotatable bonds is 3. The van der Waals surface area contributed by atoms with Crippen molar-refractivity contribution in [2.75, 3.05) is 33.2 Å². The smallest absolute Gasteiger partial charge is 0.159 e. The first-order chi connectivity index (χ1) is 9.13. The van der Waals surface area contributed by atoms with Crippen LogP contribution in [-0.4, -0.2) is 49.1 Å². The van der Waals surface area contributed by atoms with Gasteiger partial charge in [-0.05, 0) is 50.0 Å². The molecule has 0 N–H and O–H groups in total. The van der Waals surface area contributed by atoms with E-state index < -0.39 is 11.6 Å². The summed E-state index contributed by atoms with van der Waals surface area (Å²) in [5.41, 5.74) is 0.879. The van der Waals surface area contributed by atoms with Crippen LogP contribution in [0, 0.1) is 17.6 Å². The Morgan fingerprint density at radius 1 is 1.21 bits per heavy atom. The molecule has 2 heterocycles. The monoisotopic (exact) mass is 266 g/mol. The number of nitrogens with zero attached hydrogens (tertiary/aromatic N) is 2. The molecule has 0 unspecified atom stereocenters. The molecule has 1 aromatic rings. The third-order valence-corrected chi connectivity index (χ3v) is 4.60. The van der Waals surface area contributed by atoms with Gasteiger partial charge in [-0.25, -0.2) is 8.78 Å². The van der Waals surface area contributed by atoms with Crippen molar-refractivity contribution >= 4 is 0 Å². The minimum atomic E-state index is -0.763. The molecule has 2 nitrogen and oxygen atoms in total. The molecule has 19 heavy (non-hydrogen) atoms. The van der Waals surface area contributed by atoms with Gasteiger partial charge in [0, 0.05) is 25.7 Å². The van der Waals surface area contributed by atoms with Crippen molar-refractivity contribution in [2.24, 2.45) is 5.92 Å². The van der Waals surface area contributed by atoms with Crippen molar-refractivity contribution in [3.8, 4) is 0 Å². The number of benzene rings is 1. The fourth-order valence-electron chi connectivity index (χ4n) is 3.42. The lowest BCUT2D eigenvalue weighted by molar-refractivity contribution is 0.261. The largest absolute Gasteiger partial charge is 0.302 e. The average molecular weight is 266 g/mol. The topological polar surface area (TPSA) is 6.48 Å². The average Bonchev–Trinajstić information content (AvgIpc) is 2.94. The van der Waals surface area contributed by atoms with Gasteiger partial charge < -0.3 is 9.80 Å². The first-order valence-electron chi connectivity index (χ1n) is 7.00. The Labute approximate surface area is 113 Å². The van der Waals surface area contributed by atoms with E-state index in [9.17, 15) is 8.78 Å². The summed E-state index contributed by atoms with van der Waals surface area (Å²) < 4.78 is 26.0. The van der Waals surface area contributed by atoms with Gasteiger partial charge in [0.1, 0.15) is 0 Å². The fraction of sp³-hybridized carbons (Fsp3) is 0.600. The Morgan fingerprint density at radius 3 is 2.79 bits per heavy atom. The molecule has 4 heteroatoms. The normalized spacial score (nSPS) is 27.9. The Kier molecular flexibility index (Phi) is 3.54. The Bertz CT molecular complexity index is 463. The van der Waals surface area contributed by atoms with Crippen molar-refractivity contribution in [1.82, 2.24) is 9.80 Å². The molecule has 2 aliphatic rings. The van der Waals surface area contributed by atoms with Gasteiger partial charge in [-0.15, -0.1) is 0 Å². The Morgan fingerprint density at radius 2 is 2.05 bits per heavy atom.